The Balaban J connectivity index is 2.26. The van der Waals surface area contributed by atoms with E-state index < -0.39 is 0 Å². The largest absolute Gasteiger partial charge is 0.367 e. The van der Waals surface area contributed by atoms with Crippen molar-refractivity contribution in [2.75, 3.05) is 18.0 Å². The molecule has 2 rings (SSSR count). The monoisotopic (exact) mass is 232 g/mol. The molecular weight excluding hydrogens is 208 g/mol. The second kappa shape index (κ2) is 6.06. The molecule has 0 bridgehead atoms. The smallest absolute Gasteiger partial charge is 0.0412 e. The van der Waals surface area contributed by atoms with E-state index in [-0.39, 0.29) is 0 Å². The molecule has 1 aromatic carbocycles. The fourth-order valence-corrected chi connectivity index (χ4v) is 2.83. The highest BCUT2D eigenvalue weighted by Crippen LogP contribution is 2.28. The van der Waals surface area contributed by atoms with Crippen molar-refractivity contribution in [1.29, 1.82) is 0 Å². The van der Waals surface area contributed by atoms with Crippen LogP contribution < -0.4 is 10.6 Å². The summed E-state index contributed by atoms with van der Waals surface area (Å²) in [4.78, 5) is 2.55. The summed E-state index contributed by atoms with van der Waals surface area (Å²) in [6, 6.07) is 9.35. The van der Waals surface area contributed by atoms with Gasteiger partial charge in [-0.25, -0.2) is 0 Å². The van der Waals surface area contributed by atoms with E-state index in [9.17, 15) is 0 Å². The Morgan fingerprint density at radius 2 is 2.12 bits per heavy atom. The van der Waals surface area contributed by atoms with Gasteiger partial charge in [-0.15, -0.1) is 0 Å². The van der Waals surface area contributed by atoms with Crippen molar-refractivity contribution in [3.63, 3.8) is 0 Å². The van der Waals surface area contributed by atoms with E-state index in [2.05, 4.69) is 36.1 Å². The van der Waals surface area contributed by atoms with E-state index in [1.165, 1.54) is 49.9 Å². The molecule has 2 N–H and O–H groups in total. The van der Waals surface area contributed by atoms with E-state index in [4.69, 9.17) is 5.73 Å². The third-order valence-corrected chi connectivity index (χ3v) is 3.73. The molecule has 0 aliphatic carbocycles. The molecule has 2 nitrogen and oxygen atoms in total. The van der Waals surface area contributed by atoms with E-state index in [1.54, 1.807) is 0 Å². The Bertz CT molecular complexity index is 349. The first-order valence-corrected chi connectivity index (χ1v) is 6.91. The molecule has 0 spiro atoms. The molecule has 1 aliphatic heterocycles. The molecule has 1 heterocycles. The van der Waals surface area contributed by atoms with Gasteiger partial charge in [-0.2, -0.15) is 0 Å². The topological polar surface area (TPSA) is 29.3 Å². The van der Waals surface area contributed by atoms with Crippen LogP contribution >= 0.6 is 0 Å². The van der Waals surface area contributed by atoms with Crippen LogP contribution in [0.3, 0.4) is 0 Å². The summed E-state index contributed by atoms with van der Waals surface area (Å²) in [5.41, 5.74) is 8.88. The van der Waals surface area contributed by atoms with Crippen molar-refractivity contribution in [2.24, 2.45) is 5.73 Å². The molecule has 1 aromatic rings. The molecule has 0 aromatic heterocycles. The lowest BCUT2D eigenvalue weighted by molar-refractivity contribution is 0.543. The Morgan fingerprint density at radius 1 is 1.29 bits per heavy atom. The first-order valence-electron chi connectivity index (χ1n) is 6.91. The van der Waals surface area contributed by atoms with Gasteiger partial charge in [0.15, 0.2) is 0 Å². The highest BCUT2D eigenvalue weighted by atomic mass is 15.2. The predicted octanol–water partition coefficient (Wildman–Crippen LogP) is 2.96. The van der Waals surface area contributed by atoms with Crippen molar-refractivity contribution in [3.8, 4) is 0 Å². The minimum Gasteiger partial charge on any atom is -0.367 e. The second-order valence-electron chi connectivity index (χ2n) is 4.96. The SMILES string of the molecule is CCCC(CN)N1CCCCc2ccccc21. The number of hydrogen-bond donors (Lipinski definition) is 1. The molecule has 1 unspecified atom stereocenters. The van der Waals surface area contributed by atoms with Gasteiger partial charge in [-0.05, 0) is 37.3 Å². The van der Waals surface area contributed by atoms with Gasteiger partial charge in [-0.1, -0.05) is 31.5 Å². The van der Waals surface area contributed by atoms with Crippen molar-refractivity contribution in [3.05, 3.63) is 29.8 Å². The molecular formula is C15H24N2. The van der Waals surface area contributed by atoms with Crippen LogP contribution in [0.2, 0.25) is 0 Å². The van der Waals surface area contributed by atoms with Crippen molar-refractivity contribution in [2.45, 2.75) is 45.1 Å². The van der Waals surface area contributed by atoms with Gasteiger partial charge in [0.1, 0.15) is 0 Å². The van der Waals surface area contributed by atoms with E-state index in [1.807, 2.05) is 0 Å². The lowest BCUT2D eigenvalue weighted by Gasteiger charge is -2.33. The van der Waals surface area contributed by atoms with Crippen LogP contribution in [-0.4, -0.2) is 19.1 Å². The van der Waals surface area contributed by atoms with Gasteiger partial charge in [0.2, 0.25) is 0 Å². The lowest BCUT2D eigenvalue weighted by Crippen LogP contribution is -2.41. The van der Waals surface area contributed by atoms with Crippen molar-refractivity contribution in [1.82, 2.24) is 0 Å². The summed E-state index contributed by atoms with van der Waals surface area (Å²) in [6.45, 7) is 4.17. The predicted molar refractivity (Wildman–Crippen MR) is 74.5 cm³/mol. The average molecular weight is 232 g/mol. The molecule has 0 fully saturated rings. The first-order chi connectivity index (χ1) is 8.36. The number of rotatable bonds is 4. The van der Waals surface area contributed by atoms with Gasteiger partial charge in [0.25, 0.3) is 0 Å². The lowest BCUT2D eigenvalue weighted by atomic mass is 10.1. The highest BCUT2D eigenvalue weighted by molar-refractivity contribution is 5.55. The fourth-order valence-electron chi connectivity index (χ4n) is 2.83. The first kappa shape index (κ1) is 12.4. The van der Waals surface area contributed by atoms with Crippen molar-refractivity contribution >= 4 is 5.69 Å². The standard InChI is InChI=1S/C15H24N2/c1-2-7-14(12-16)17-11-6-5-9-13-8-3-4-10-15(13)17/h3-4,8,10,14H,2,5-7,9,11-12,16H2,1H3. The van der Waals surface area contributed by atoms with Gasteiger partial charge >= 0.3 is 0 Å². The number of anilines is 1. The van der Waals surface area contributed by atoms with Crippen LogP contribution in [0.4, 0.5) is 5.69 Å². The molecule has 0 saturated carbocycles. The third-order valence-electron chi connectivity index (χ3n) is 3.73. The molecule has 2 heteroatoms. The summed E-state index contributed by atoms with van der Waals surface area (Å²) >= 11 is 0. The van der Waals surface area contributed by atoms with Crippen molar-refractivity contribution < 1.29 is 0 Å². The Hall–Kier alpha value is -1.02. The number of nitrogens with two attached hydrogens (primary N) is 1. The second-order valence-corrected chi connectivity index (χ2v) is 4.96. The van der Waals surface area contributed by atoms with E-state index in [0.717, 1.165) is 6.54 Å². The normalized spacial score (nSPS) is 17.4. The number of aryl methyl sites for hydroxylation is 1. The minimum absolute atomic E-state index is 0.513. The van der Waals surface area contributed by atoms with E-state index in [0.29, 0.717) is 6.04 Å². The van der Waals surface area contributed by atoms with Crippen LogP contribution in [0.1, 0.15) is 38.2 Å². The zero-order valence-corrected chi connectivity index (χ0v) is 10.9. The Kier molecular flexibility index (Phi) is 4.43. The molecule has 1 atom stereocenters. The number of fused-ring (bicyclic) bond motifs is 1. The number of para-hydroxylation sites is 1. The quantitative estimate of drug-likeness (QED) is 0.865. The number of benzene rings is 1. The summed E-state index contributed by atoms with van der Waals surface area (Å²) in [6.07, 6.45) is 6.22. The summed E-state index contributed by atoms with van der Waals surface area (Å²) < 4.78 is 0. The maximum Gasteiger partial charge on any atom is 0.0412 e. The highest BCUT2D eigenvalue weighted by Gasteiger charge is 2.20. The van der Waals surface area contributed by atoms with E-state index >= 15 is 0 Å². The summed E-state index contributed by atoms with van der Waals surface area (Å²) in [5.74, 6) is 0. The molecule has 17 heavy (non-hydrogen) atoms. The zero-order valence-electron chi connectivity index (χ0n) is 10.9. The van der Waals surface area contributed by atoms with Gasteiger partial charge in [-0.3, -0.25) is 0 Å². The van der Waals surface area contributed by atoms with Crippen LogP contribution in [-0.2, 0) is 6.42 Å². The molecule has 0 radical (unpaired) electrons. The maximum absolute atomic E-state index is 5.96. The fraction of sp³-hybridized carbons (Fsp3) is 0.600. The van der Waals surface area contributed by atoms with Gasteiger partial charge < -0.3 is 10.6 Å². The van der Waals surface area contributed by atoms with Crippen LogP contribution in [0, 0.1) is 0 Å². The molecule has 0 saturated heterocycles. The maximum atomic E-state index is 5.96. The number of nitrogens with zero attached hydrogens (tertiary/aromatic N) is 1. The van der Waals surface area contributed by atoms with Gasteiger partial charge in [0, 0.05) is 24.8 Å². The molecule has 1 aliphatic rings. The third kappa shape index (κ3) is 2.81. The minimum atomic E-state index is 0.513. The average Bonchev–Trinajstić information content (AvgIpc) is 2.58. The Labute approximate surface area is 105 Å². The Morgan fingerprint density at radius 3 is 2.88 bits per heavy atom. The molecule has 0 amide bonds. The summed E-state index contributed by atoms with van der Waals surface area (Å²) in [7, 11) is 0. The van der Waals surface area contributed by atoms with Crippen LogP contribution in [0.5, 0.6) is 0 Å². The van der Waals surface area contributed by atoms with Crippen LogP contribution in [0.25, 0.3) is 0 Å². The zero-order chi connectivity index (χ0) is 12.1. The summed E-state index contributed by atoms with van der Waals surface area (Å²) in [5, 5.41) is 0. The van der Waals surface area contributed by atoms with Gasteiger partial charge in [0.05, 0.1) is 0 Å². The van der Waals surface area contributed by atoms with Crippen LogP contribution in [0.15, 0.2) is 24.3 Å². The number of hydrogen-bond acceptors (Lipinski definition) is 2. The molecule has 94 valence electrons.